The summed E-state index contributed by atoms with van der Waals surface area (Å²) >= 11 is 0.320. The molecule has 0 radical (unpaired) electrons. The molecule has 4 rings (SSSR count). The third kappa shape index (κ3) is 2.27. The molecule has 0 saturated heterocycles. The molecule has 0 spiro atoms. The van der Waals surface area contributed by atoms with E-state index in [4.69, 9.17) is 0 Å². The van der Waals surface area contributed by atoms with E-state index in [1.54, 1.807) is 0 Å². The van der Waals surface area contributed by atoms with Gasteiger partial charge in [0.15, 0.2) is 0 Å². The molecule has 21 heavy (non-hydrogen) atoms. The van der Waals surface area contributed by atoms with Crippen LogP contribution in [0.2, 0.25) is 0 Å². The molecule has 102 valence electrons. The van der Waals surface area contributed by atoms with Crippen molar-refractivity contribution in [3.05, 3.63) is 72.3 Å². The molecule has 2 heteroatoms. The van der Waals surface area contributed by atoms with Gasteiger partial charge in [-0.05, 0) is 0 Å². The van der Waals surface area contributed by atoms with Crippen molar-refractivity contribution in [1.82, 2.24) is 4.98 Å². The van der Waals surface area contributed by atoms with Crippen LogP contribution in [-0.2, 0) is 0 Å². The van der Waals surface area contributed by atoms with Gasteiger partial charge in [0.2, 0.25) is 0 Å². The van der Waals surface area contributed by atoms with Gasteiger partial charge in [-0.25, -0.2) is 0 Å². The molecule has 4 aromatic rings. The minimum atomic E-state index is 0.320. The van der Waals surface area contributed by atoms with E-state index >= 15 is 0 Å². The van der Waals surface area contributed by atoms with Crippen molar-refractivity contribution in [2.45, 2.75) is 6.92 Å². The molecular formula is C19H15NSe. The maximum absolute atomic E-state index is 3.62. The number of hydrogen-bond donors (Lipinski definition) is 1. The third-order valence-corrected chi connectivity index (χ3v) is 6.15. The van der Waals surface area contributed by atoms with Crippen LogP contribution in [0.5, 0.6) is 0 Å². The Balaban J connectivity index is 2.36. The SMILES string of the molecule is Cc1ccc2[se]c3ccccc3[nH]c3ccccc3c2c1. The van der Waals surface area contributed by atoms with E-state index in [1.807, 2.05) is 0 Å². The Kier molecular flexibility index (Phi) is 3.07. The van der Waals surface area contributed by atoms with Gasteiger partial charge in [-0.15, -0.1) is 0 Å². The predicted octanol–water partition coefficient (Wildman–Crippen LogP) is 4.96. The van der Waals surface area contributed by atoms with Crippen LogP contribution in [0, 0.1) is 6.92 Å². The standard InChI is InChI=1S/C19H15NSe/c1-13-10-11-18-15(12-13)14-6-2-3-7-16(14)20-17-8-4-5-9-19(17)21-18/h2-12,20H,1H3. The van der Waals surface area contributed by atoms with E-state index in [0.29, 0.717) is 14.5 Å². The second-order valence-electron chi connectivity index (χ2n) is 5.27. The quantitative estimate of drug-likeness (QED) is 0.437. The number of rotatable bonds is 0. The zero-order valence-corrected chi connectivity index (χ0v) is 13.5. The van der Waals surface area contributed by atoms with Gasteiger partial charge in [0, 0.05) is 0 Å². The Labute approximate surface area is 129 Å². The van der Waals surface area contributed by atoms with E-state index in [2.05, 4.69) is 78.6 Å². The third-order valence-electron chi connectivity index (χ3n) is 3.73. The number of fused-ring (bicyclic) bond motifs is 4. The van der Waals surface area contributed by atoms with Crippen LogP contribution in [0.1, 0.15) is 5.56 Å². The van der Waals surface area contributed by atoms with Crippen LogP contribution in [0.25, 0.3) is 30.3 Å². The molecule has 0 unspecified atom stereocenters. The number of benzene rings is 3. The van der Waals surface area contributed by atoms with E-state index in [0.717, 1.165) is 0 Å². The van der Waals surface area contributed by atoms with Crippen molar-refractivity contribution in [3.63, 3.8) is 0 Å². The van der Waals surface area contributed by atoms with Crippen molar-refractivity contribution >= 4 is 44.8 Å². The number of para-hydroxylation sites is 2. The van der Waals surface area contributed by atoms with Crippen molar-refractivity contribution < 1.29 is 0 Å². The Hall–Kier alpha value is -2.02. The number of aromatic amines is 1. The van der Waals surface area contributed by atoms with Gasteiger partial charge in [0.1, 0.15) is 0 Å². The van der Waals surface area contributed by atoms with Crippen molar-refractivity contribution in [2.75, 3.05) is 0 Å². The van der Waals surface area contributed by atoms with Gasteiger partial charge in [0.25, 0.3) is 0 Å². The summed E-state index contributed by atoms with van der Waals surface area (Å²) in [5.41, 5.74) is 3.73. The van der Waals surface area contributed by atoms with Crippen LogP contribution < -0.4 is 0 Å². The first-order chi connectivity index (χ1) is 10.3. The van der Waals surface area contributed by atoms with Gasteiger partial charge >= 0.3 is 129 Å². The molecule has 0 saturated carbocycles. The van der Waals surface area contributed by atoms with E-state index < -0.39 is 0 Å². The molecule has 0 aliphatic heterocycles. The van der Waals surface area contributed by atoms with Crippen LogP contribution in [0.15, 0.2) is 66.7 Å². The Morgan fingerprint density at radius 3 is 2.38 bits per heavy atom. The molecule has 0 atom stereocenters. The second-order valence-corrected chi connectivity index (χ2v) is 7.54. The number of H-pyrrole nitrogens is 1. The summed E-state index contributed by atoms with van der Waals surface area (Å²) in [6.45, 7) is 2.16. The first-order valence-corrected chi connectivity index (χ1v) is 8.76. The first-order valence-electron chi connectivity index (χ1n) is 7.05. The Morgan fingerprint density at radius 1 is 0.714 bits per heavy atom. The fourth-order valence-corrected chi connectivity index (χ4v) is 4.85. The summed E-state index contributed by atoms with van der Waals surface area (Å²) < 4.78 is 2.86. The number of aromatic nitrogens is 1. The second kappa shape index (κ2) is 5.07. The fourth-order valence-electron chi connectivity index (χ4n) is 2.69. The first kappa shape index (κ1) is 12.7. The topological polar surface area (TPSA) is 15.8 Å². The van der Waals surface area contributed by atoms with Gasteiger partial charge in [-0.3, -0.25) is 0 Å². The molecule has 3 aromatic carbocycles. The van der Waals surface area contributed by atoms with Crippen molar-refractivity contribution in [3.8, 4) is 0 Å². The molecule has 0 aliphatic carbocycles. The van der Waals surface area contributed by atoms with Crippen LogP contribution >= 0.6 is 0 Å². The van der Waals surface area contributed by atoms with Crippen LogP contribution in [-0.4, -0.2) is 19.5 Å². The summed E-state index contributed by atoms with van der Waals surface area (Å²) in [7, 11) is 0. The molecule has 1 heterocycles. The number of aryl methyl sites for hydroxylation is 1. The molecule has 1 aromatic heterocycles. The van der Waals surface area contributed by atoms with Gasteiger partial charge < -0.3 is 0 Å². The van der Waals surface area contributed by atoms with Gasteiger partial charge in [0.05, 0.1) is 0 Å². The summed E-state index contributed by atoms with van der Waals surface area (Å²) in [5.74, 6) is 0. The van der Waals surface area contributed by atoms with Crippen LogP contribution in [0.4, 0.5) is 0 Å². The molecule has 1 N–H and O–H groups in total. The average Bonchev–Trinajstić information content (AvgIpc) is 2.50. The monoisotopic (exact) mass is 337 g/mol. The maximum atomic E-state index is 3.62. The Bertz CT molecular complexity index is 1010. The summed E-state index contributed by atoms with van der Waals surface area (Å²) in [5, 5.41) is 2.67. The van der Waals surface area contributed by atoms with E-state index in [1.165, 1.54) is 35.9 Å². The van der Waals surface area contributed by atoms with Gasteiger partial charge in [-0.2, -0.15) is 0 Å². The average molecular weight is 336 g/mol. The zero-order chi connectivity index (χ0) is 14.2. The number of nitrogens with one attached hydrogen (secondary N) is 1. The molecular weight excluding hydrogens is 321 g/mol. The summed E-state index contributed by atoms with van der Waals surface area (Å²) in [6, 6.07) is 24.1. The zero-order valence-electron chi connectivity index (χ0n) is 11.8. The van der Waals surface area contributed by atoms with Crippen LogP contribution in [0.3, 0.4) is 0 Å². The molecule has 1 nitrogen and oxygen atoms in total. The molecule has 0 bridgehead atoms. The molecule has 0 fully saturated rings. The molecule has 0 amide bonds. The predicted molar refractivity (Wildman–Crippen MR) is 92.6 cm³/mol. The summed E-state index contributed by atoms with van der Waals surface area (Å²) in [4.78, 5) is 3.62. The van der Waals surface area contributed by atoms with E-state index in [9.17, 15) is 0 Å². The minimum absolute atomic E-state index is 0.320. The van der Waals surface area contributed by atoms with Crippen molar-refractivity contribution in [1.29, 1.82) is 0 Å². The summed E-state index contributed by atoms with van der Waals surface area (Å²) in [6.07, 6.45) is 0. The van der Waals surface area contributed by atoms with E-state index in [-0.39, 0.29) is 0 Å². The Morgan fingerprint density at radius 2 is 1.48 bits per heavy atom. The normalized spacial score (nSPS) is 11.1. The van der Waals surface area contributed by atoms with Gasteiger partial charge in [-0.1, -0.05) is 0 Å². The van der Waals surface area contributed by atoms with Crippen molar-refractivity contribution in [2.24, 2.45) is 0 Å². The fraction of sp³-hybridized carbons (Fsp3) is 0.0526. The number of hydrogen-bond acceptors (Lipinski definition) is 0. The molecule has 0 aliphatic rings.